The average molecular weight is 233 g/mol. The van der Waals surface area contributed by atoms with Crippen LogP contribution in [0.4, 0.5) is 0 Å². The van der Waals surface area contributed by atoms with Crippen LogP contribution in [0.3, 0.4) is 0 Å². The Balaban J connectivity index is 2.53. The van der Waals surface area contributed by atoms with Crippen molar-refractivity contribution in [3.63, 3.8) is 0 Å². The Labute approximate surface area is 78.1 Å². The largest absolute Gasteiger partial charge is 0.395 e. The van der Waals surface area contributed by atoms with E-state index in [1.807, 2.05) is 0 Å². The van der Waals surface area contributed by atoms with Crippen LogP contribution in [0.2, 0.25) is 0 Å². The molecule has 0 saturated heterocycles. The van der Waals surface area contributed by atoms with Gasteiger partial charge in [-0.2, -0.15) is 0 Å². The van der Waals surface area contributed by atoms with Gasteiger partial charge in [0.05, 0.1) is 6.61 Å². The lowest BCUT2D eigenvalue weighted by atomic mass is 10.4. The van der Waals surface area contributed by atoms with Gasteiger partial charge in [0.2, 0.25) is 0 Å². The molecule has 1 aromatic rings. The average Bonchev–Trinajstić information content (AvgIpc) is 2.47. The van der Waals surface area contributed by atoms with E-state index in [9.17, 15) is 4.79 Å². The van der Waals surface area contributed by atoms with Crippen molar-refractivity contribution in [2.75, 3.05) is 13.2 Å². The van der Waals surface area contributed by atoms with Crippen molar-refractivity contribution in [2.24, 2.45) is 0 Å². The summed E-state index contributed by atoms with van der Waals surface area (Å²) in [5, 5.41) is 11.0. The minimum Gasteiger partial charge on any atom is -0.395 e. The van der Waals surface area contributed by atoms with E-state index in [1.54, 1.807) is 12.3 Å². The molecule has 3 N–H and O–H groups in total. The Kier molecular flexibility index (Phi) is 3.31. The molecule has 5 heteroatoms. The molecule has 1 aromatic heterocycles. The van der Waals surface area contributed by atoms with Gasteiger partial charge in [-0.05, 0) is 22.0 Å². The van der Waals surface area contributed by atoms with Crippen LogP contribution in [0, 0.1) is 0 Å². The number of aliphatic hydroxyl groups is 1. The third kappa shape index (κ3) is 2.35. The fourth-order valence-electron chi connectivity index (χ4n) is 0.764. The number of aromatic amines is 1. The zero-order valence-corrected chi connectivity index (χ0v) is 7.89. The van der Waals surface area contributed by atoms with Gasteiger partial charge in [0.15, 0.2) is 0 Å². The predicted molar refractivity (Wildman–Crippen MR) is 47.9 cm³/mol. The monoisotopic (exact) mass is 232 g/mol. The van der Waals surface area contributed by atoms with E-state index in [4.69, 9.17) is 5.11 Å². The molecule has 12 heavy (non-hydrogen) atoms. The van der Waals surface area contributed by atoms with E-state index in [-0.39, 0.29) is 19.1 Å². The summed E-state index contributed by atoms with van der Waals surface area (Å²) >= 11 is 3.21. The van der Waals surface area contributed by atoms with Crippen molar-refractivity contribution >= 4 is 21.8 Å². The highest BCUT2D eigenvalue weighted by molar-refractivity contribution is 9.10. The minimum absolute atomic E-state index is 0.0480. The summed E-state index contributed by atoms with van der Waals surface area (Å²) in [6.07, 6.45) is 1.67. The molecule has 1 rings (SSSR count). The standard InChI is InChI=1S/C7H9BrN2O2/c8-5-3-6(10-4-5)7(12)9-1-2-11/h3-4,10-11H,1-2H2,(H,9,12). The summed E-state index contributed by atoms with van der Waals surface area (Å²) in [4.78, 5) is 13.9. The Hall–Kier alpha value is -0.810. The first-order chi connectivity index (χ1) is 5.74. The molecule has 0 bridgehead atoms. The van der Waals surface area contributed by atoms with Crippen molar-refractivity contribution in [3.05, 3.63) is 22.4 Å². The van der Waals surface area contributed by atoms with Crippen molar-refractivity contribution in [1.29, 1.82) is 0 Å². The minimum atomic E-state index is -0.213. The van der Waals surface area contributed by atoms with Crippen LogP contribution < -0.4 is 5.32 Å². The van der Waals surface area contributed by atoms with Crippen molar-refractivity contribution < 1.29 is 9.90 Å². The van der Waals surface area contributed by atoms with Crippen molar-refractivity contribution in [3.8, 4) is 0 Å². The quantitative estimate of drug-likeness (QED) is 0.711. The molecule has 0 unspecified atom stereocenters. The molecule has 0 fully saturated rings. The number of hydrogen-bond acceptors (Lipinski definition) is 2. The Morgan fingerprint density at radius 3 is 3.00 bits per heavy atom. The normalized spacial score (nSPS) is 9.83. The van der Waals surface area contributed by atoms with Gasteiger partial charge in [-0.15, -0.1) is 0 Å². The molecule has 0 aliphatic heterocycles. The zero-order valence-electron chi connectivity index (χ0n) is 6.30. The van der Waals surface area contributed by atoms with Gasteiger partial charge in [0.1, 0.15) is 5.69 Å². The summed E-state index contributed by atoms with van der Waals surface area (Å²) in [6, 6.07) is 1.67. The maximum Gasteiger partial charge on any atom is 0.267 e. The predicted octanol–water partition coefficient (Wildman–Crippen LogP) is 0.499. The summed E-state index contributed by atoms with van der Waals surface area (Å²) in [6.45, 7) is 0.225. The molecule has 0 saturated carbocycles. The molecule has 0 spiro atoms. The second-order valence-electron chi connectivity index (χ2n) is 2.21. The Morgan fingerprint density at radius 1 is 1.75 bits per heavy atom. The first kappa shape index (κ1) is 9.28. The highest BCUT2D eigenvalue weighted by Crippen LogP contribution is 2.09. The van der Waals surface area contributed by atoms with E-state index < -0.39 is 0 Å². The maximum absolute atomic E-state index is 11.1. The summed E-state index contributed by atoms with van der Waals surface area (Å²) in [5.74, 6) is -0.213. The molecule has 1 heterocycles. The molecular formula is C7H9BrN2O2. The molecule has 66 valence electrons. The van der Waals surface area contributed by atoms with E-state index in [2.05, 4.69) is 26.2 Å². The molecule has 0 radical (unpaired) electrons. The van der Waals surface area contributed by atoms with Gasteiger partial charge >= 0.3 is 0 Å². The lowest BCUT2D eigenvalue weighted by Gasteiger charge is -1.98. The van der Waals surface area contributed by atoms with Crippen LogP contribution in [0.15, 0.2) is 16.7 Å². The van der Waals surface area contributed by atoms with Gasteiger partial charge < -0.3 is 15.4 Å². The van der Waals surface area contributed by atoms with Gasteiger partial charge in [0, 0.05) is 17.2 Å². The highest BCUT2D eigenvalue weighted by Gasteiger charge is 2.05. The van der Waals surface area contributed by atoms with E-state index >= 15 is 0 Å². The number of carbonyl (C=O) groups excluding carboxylic acids is 1. The molecule has 1 amide bonds. The first-order valence-corrected chi connectivity index (χ1v) is 4.26. The molecule has 0 aromatic carbocycles. The summed E-state index contributed by atoms with van der Waals surface area (Å²) < 4.78 is 0.830. The van der Waals surface area contributed by atoms with E-state index in [0.29, 0.717) is 5.69 Å². The number of H-pyrrole nitrogens is 1. The van der Waals surface area contributed by atoms with E-state index in [0.717, 1.165) is 4.47 Å². The number of aromatic nitrogens is 1. The van der Waals surface area contributed by atoms with Gasteiger partial charge in [-0.3, -0.25) is 4.79 Å². The van der Waals surface area contributed by atoms with Crippen LogP contribution in [0.5, 0.6) is 0 Å². The number of amides is 1. The van der Waals surface area contributed by atoms with Crippen molar-refractivity contribution in [1.82, 2.24) is 10.3 Å². The second-order valence-corrected chi connectivity index (χ2v) is 3.13. The summed E-state index contributed by atoms with van der Waals surface area (Å²) in [5.41, 5.74) is 0.482. The van der Waals surface area contributed by atoms with Crippen LogP contribution in [-0.4, -0.2) is 29.1 Å². The molecular weight excluding hydrogens is 224 g/mol. The molecule has 0 atom stereocenters. The Morgan fingerprint density at radius 2 is 2.50 bits per heavy atom. The van der Waals surface area contributed by atoms with Gasteiger partial charge in [0.25, 0.3) is 5.91 Å². The molecule has 4 nitrogen and oxygen atoms in total. The van der Waals surface area contributed by atoms with E-state index in [1.165, 1.54) is 0 Å². The number of rotatable bonds is 3. The SMILES string of the molecule is O=C(NCCO)c1cc(Br)c[nH]1. The van der Waals surface area contributed by atoms with Gasteiger partial charge in [-0.1, -0.05) is 0 Å². The van der Waals surface area contributed by atoms with Crippen LogP contribution in [0.1, 0.15) is 10.5 Å². The third-order valence-corrected chi connectivity index (χ3v) is 1.75. The first-order valence-electron chi connectivity index (χ1n) is 3.47. The number of hydrogen-bond donors (Lipinski definition) is 3. The second kappa shape index (κ2) is 4.27. The molecule has 0 aliphatic carbocycles. The number of aliphatic hydroxyl groups excluding tert-OH is 1. The smallest absolute Gasteiger partial charge is 0.267 e. The lowest BCUT2D eigenvalue weighted by Crippen LogP contribution is -2.26. The van der Waals surface area contributed by atoms with Crippen LogP contribution in [-0.2, 0) is 0 Å². The number of carbonyl (C=O) groups is 1. The fraction of sp³-hybridized carbons (Fsp3) is 0.286. The number of halogens is 1. The highest BCUT2D eigenvalue weighted by atomic mass is 79.9. The summed E-state index contributed by atoms with van der Waals surface area (Å²) in [7, 11) is 0. The van der Waals surface area contributed by atoms with Crippen LogP contribution in [0.25, 0.3) is 0 Å². The third-order valence-electron chi connectivity index (χ3n) is 1.29. The van der Waals surface area contributed by atoms with Crippen LogP contribution >= 0.6 is 15.9 Å². The van der Waals surface area contributed by atoms with Crippen molar-refractivity contribution in [2.45, 2.75) is 0 Å². The topological polar surface area (TPSA) is 65.1 Å². The van der Waals surface area contributed by atoms with Gasteiger partial charge in [-0.25, -0.2) is 0 Å². The lowest BCUT2D eigenvalue weighted by molar-refractivity contribution is 0.0940. The number of nitrogens with one attached hydrogen (secondary N) is 2. The fourth-order valence-corrected chi connectivity index (χ4v) is 1.11. The zero-order chi connectivity index (χ0) is 8.97. The maximum atomic E-state index is 11.1. The molecule has 0 aliphatic rings. The Bertz CT molecular complexity index is 272.